The maximum atomic E-state index is 13.1. The third-order valence-corrected chi connectivity index (χ3v) is 5.71. The van der Waals surface area contributed by atoms with Crippen molar-refractivity contribution in [3.05, 3.63) is 23.9 Å². The fourth-order valence-electron chi connectivity index (χ4n) is 3.64. The average Bonchev–Trinajstić information content (AvgIpc) is 3.13. The van der Waals surface area contributed by atoms with Gasteiger partial charge in [-0.2, -0.15) is 0 Å². The summed E-state index contributed by atoms with van der Waals surface area (Å²) < 4.78 is -2.24. The second-order valence-corrected chi connectivity index (χ2v) is 8.18. The molecule has 1 aliphatic heterocycles. The summed E-state index contributed by atoms with van der Waals surface area (Å²) in [5.41, 5.74) is 9.71. The van der Waals surface area contributed by atoms with E-state index in [4.69, 9.17) is 16.7 Å². The van der Waals surface area contributed by atoms with Crippen LogP contribution in [0.2, 0.25) is 0 Å². The summed E-state index contributed by atoms with van der Waals surface area (Å²) in [6, 6.07) is -3.89. The number of rotatable bonds is 12. The van der Waals surface area contributed by atoms with Crippen LogP contribution in [0, 0.1) is 0 Å². The summed E-state index contributed by atoms with van der Waals surface area (Å²) in [7, 11) is 0. The van der Waals surface area contributed by atoms with Crippen molar-refractivity contribution in [1.82, 2.24) is 15.4 Å². The number of hydrogen-bond donors (Lipinski definition) is 8. The number of nitrogen functional groups attached to an aromatic ring is 1. The second-order valence-electron chi connectivity index (χ2n) is 8.18. The van der Waals surface area contributed by atoms with Crippen molar-refractivity contribution in [2.75, 3.05) is 5.43 Å². The van der Waals surface area contributed by atoms with Crippen LogP contribution in [0.5, 0.6) is 0 Å². The third kappa shape index (κ3) is 7.42. The fourth-order valence-corrected chi connectivity index (χ4v) is 3.64. The van der Waals surface area contributed by atoms with Gasteiger partial charge >= 0.3 is 29.7 Å². The lowest BCUT2D eigenvalue weighted by atomic mass is 10.0. The minimum Gasteiger partial charge on any atom is -0.481 e. The SMILES string of the molecule is Cl.NNc1ccc(C(=O)NN(C(=O)[C@@H](N)CCC(=O)O)[C@@H](CC(C(=O)O)[N+]2(O)C(=O)CCC2=O)C(=O)O)cn1. The van der Waals surface area contributed by atoms with E-state index in [1.165, 1.54) is 12.1 Å². The summed E-state index contributed by atoms with van der Waals surface area (Å²) >= 11 is 0. The standard InChI is InChI=1S/C20H25N7O11.ClH/c21-10(2-6-16(30)31)18(33)26(25-17(32)9-1-3-13(24-22)23-8-9)11(19(34)35)7-12(20(36)37)27(38)14(28)4-5-15(27)29;/h1,3,8,10-12,38H,2,4-7,21-22H2,(H4-,23,24,25,30,31,32,34,35,36,37);1H/p+1/t10-,11-,12?;/m0./s1. The Hall–Kier alpha value is -4.23. The minimum absolute atomic E-state index is 0. The number of amides is 4. The van der Waals surface area contributed by atoms with Crippen molar-refractivity contribution in [3.63, 3.8) is 0 Å². The molecule has 214 valence electrons. The Morgan fingerprint density at radius 3 is 2.08 bits per heavy atom. The number of carbonyl (C=O) groups is 7. The summed E-state index contributed by atoms with van der Waals surface area (Å²) in [6.07, 6.45) is -2.34. The molecule has 1 aromatic heterocycles. The van der Waals surface area contributed by atoms with E-state index in [-0.39, 0.29) is 28.8 Å². The van der Waals surface area contributed by atoms with Gasteiger partial charge < -0.3 is 26.5 Å². The van der Waals surface area contributed by atoms with Crippen LogP contribution in [0.25, 0.3) is 0 Å². The first-order valence-electron chi connectivity index (χ1n) is 10.9. The van der Waals surface area contributed by atoms with Gasteiger partial charge in [0, 0.05) is 19.0 Å². The van der Waals surface area contributed by atoms with Crippen LogP contribution >= 0.6 is 12.4 Å². The van der Waals surface area contributed by atoms with Gasteiger partial charge in [-0.15, -0.1) is 12.4 Å². The second kappa shape index (κ2) is 13.5. The van der Waals surface area contributed by atoms with Gasteiger partial charge in [-0.05, 0) is 23.2 Å². The first-order chi connectivity index (χ1) is 17.7. The zero-order valence-electron chi connectivity index (χ0n) is 20.1. The highest BCUT2D eigenvalue weighted by Crippen LogP contribution is 2.28. The van der Waals surface area contributed by atoms with Crippen LogP contribution in [0.15, 0.2) is 18.3 Å². The number of nitrogens with zero attached hydrogens (tertiary/aromatic N) is 3. The zero-order valence-corrected chi connectivity index (χ0v) is 20.9. The summed E-state index contributed by atoms with van der Waals surface area (Å²) in [5, 5.41) is 39.2. The van der Waals surface area contributed by atoms with E-state index < -0.39 is 96.4 Å². The van der Waals surface area contributed by atoms with E-state index in [1.807, 2.05) is 5.43 Å². The Morgan fingerprint density at radius 1 is 1.05 bits per heavy atom. The lowest BCUT2D eigenvalue weighted by Crippen LogP contribution is -2.65. The number of imide groups is 1. The van der Waals surface area contributed by atoms with Crippen molar-refractivity contribution in [2.24, 2.45) is 11.6 Å². The smallest absolute Gasteiger partial charge is 0.366 e. The van der Waals surface area contributed by atoms with E-state index >= 15 is 0 Å². The minimum atomic E-state index is -2.38. The number of hydroxylamine groups is 3. The molecule has 0 saturated carbocycles. The monoisotopic (exact) mass is 576 g/mol. The normalized spacial score (nSPS) is 16.3. The lowest BCUT2D eigenvalue weighted by molar-refractivity contribution is -0.984. The maximum absolute atomic E-state index is 13.1. The number of quaternary nitrogens is 1. The molecule has 0 spiro atoms. The van der Waals surface area contributed by atoms with Gasteiger partial charge in [-0.1, -0.05) is 0 Å². The number of halogens is 1. The highest BCUT2D eigenvalue weighted by molar-refractivity contribution is 5.97. The summed E-state index contributed by atoms with van der Waals surface area (Å²) in [4.78, 5) is 89.2. The molecular weight excluding hydrogens is 550 g/mol. The molecular formula is C20H27ClN7O11+. The Bertz CT molecular complexity index is 1130. The third-order valence-electron chi connectivity index (χ3n) is 5.71. The molecule has 0 aliphatic carbocycles. The van der Waals surface area contributed by atoms with Gasteiger partial charge in [0.15, 0.2) is 6.04 Å². The first-order valence-corrected chi connectivity index (χ1v) is 10.9. The van der Waals surface area contributed by atoms with Crippen molar-refractivity contribution in [3.8, 4) is 0 Å². The number of anilines is 1. The number of carboxylic acid groups (broad SMARTS) is 3. The van der Waals surface area contributed by atoms with Crippen LogP contribution in [0.4, 0.5) is 5.82 Å². The number of nitrogens with one attached hydrogen (secondary N) is 2. The van der Waals surface area contributed by atoms with E-state index in [0.29, 0.717) is 0 Å². The maximum Gasteiger partial charge on any atom is 0.366 e. The van der Waals surface area contributed by atoms with E-state index in [9.17, 15) is 49.0 Å². The molecule has 10 N–H and O–H groups in total. The fraction of sp³-hybridized carbons (Fsp3) is 0.400. The van der Waals surface area contributed by atoms with Gasteiger partial charge in [-0.3, -0.25) is 19.8 Å². The molecule has 39 heavy (non-hydrogen) atoms. The highest BCUT2D eigenvalue weighted by Gasteiger charge is 2.60. The largest absolute Gasteiger partial charge is 0.481 e. The van der Waals surface area contributed by atoms with Crippen molar-refractivity contribution in [2.45, 2.75) is 50.2 Å². The number of likely N-dealkylation sites (tertiary alicyclic amines) is 1. The predicted molar refractivity (Wildman–Crippen MR) is 127 cm³/mol. The Kier molecular flexibility index (Phi) is 11.4. The van der Waals surface area contributed by atoms with Gasteiger partial charge in [0.25, 0.3) is 11.8 Å². The van der Waals surface area contributed by atoms with Crippen molar-refractivity contribution >= 4 is 59.8 Å². The molecule has 0 radical (unpaired) electrons. The zero-order chi connectivity index (χ0) is 28.8. The molecule has 3 atom stereocenters. The molecule has 19 heteroatoms. The number of hydrogen-bond acceptors (Lipinski definition) is 12. The number of aliphatic carboxylic acids is 3. The number of carbonyl (C=O) groups excluding carboxylic acids is 4. The quantitative estimate of drug-likeness (QED) is 0.0430. The molecule has 1 fully saturated rings. The van der Waals surface area contributed by atoms with E-state index in [2.05, 4.69) is 10.4 Å². The Morgan fingerprint density at radius 2 is 1.64 bits per heavy atom. The molecule has 0 bridgehead atoms. The number of hydrazine groups is 2. The van der Waals surface area contributed by atoms with Gasteiger partial charge in [0.1, 0.15) is 5.82 Å². The van der Waals surface area contributed by atoms with Crippen molar-refractivity contribution in [1.29, 1.82) is 0 Å². The van der Waals surface area contributed by atoms with E-state index in [1.54, 1.807) is 0 Å². The molecule has 0 aromatic carbocycles. The van der Waals surface area contributed by atoms with Crippen LogP contribution in [-0.2, 0) is 28.8 Å². The summed E-state index contributed by atoms with van der Waals surface area (Å²) in [6.45, 7) is 0. The molecule has 4 amide bonds. The van der Waals surface area contributed by atoms with Crippen LogP contribution in [0.3, 0.4) is 0 Å². The predicted octanol–water partition coefficient (Wildman–Crippen LogP) is -2.20. The number of carboxylic acids is 3. The van der Waals surface area contributed by atoms with Crippen molar-refractivity contribution < 1.29 is 58.7 Å². The summed E-state index contributed by atoms with van der Waals surface area (Å²) in [5.74, 6) is -4.67. The molecule has 1 aromatic rings. The molecule has 1 unspecified atom stereocenters. The lowest BCUT2D eigenvalue weighted by Gasteiger charge is -2.34. The molecule has 2 heterocycles. The van der Waals surface area contributed by atoms with Gasteiger partial charge in [0.2, 0.25) is 6.04 Å². The number of pyridine rings is 1. The first kappa shape index (κ1) is 32.8. The van der Waals surface area contributed by atoms with Gasteiger partial charge in [0.05, 0.1) is 24.4 Å². The number of aromatic nitrogens is 1. The number of nitrogens with two attached hydrogens (primary N) is 2. The molecule has 1 aliphatic rings. The van der Waals surface area contributed by atoms with Gasteiger partial charge in [-0.25, -0.2) is 40.2 Å². The Balaban J connectivity index is 0.00000760. The van der Waals surface area contributed by atoms with Crippen LogP contribution in [-0.4, -0.2) is 94.8 Å². The molecule has 18 nitrogen and oxygen atoms in total. The van der Waals surface area contributed by atoms with E-state index in [0.717, 1.165) is 6.20 Å². The highest BCUT2D eigenvalue weighted by atomic mass is 35.5. The topological polar surface area (TPSA) is 293 Å². The van der Waals surface area contributed by atoms with Crippen LogP contribution < -0.4 is 22.4 Å². The molecule has 2 rings (SSSR count). The Labute approximate surface area is 225 Å². The molecule has 1 saturated heterocycles. The average molecular weight is 577 g/mol. The van der Waals surface area contributed by atoms with Crippen LogP contribution in [0.1, 0.15) is 42.5 Å².